The zero-order valence-electron chi connectivity index (χ0n) is 17.2. The number of rotatable bonds is 5. The molecule has 0 atom stereocenters. The van der Waals surface area contributed by atoms with Crippen molar-refractivity contribution in [2.75, 3.05) is 23.7 Å². The minimum Gasteiger partial charge on any atom is -0.338 e. The molecule has 2 aliphatic rings. The summed E-state index contributed by atoms with van der Waals surface area (Å²) in [6, 6.07) is 14.4. The smallest absolute Gasteiger partial charge is 0.243 e. The minimum absolute atomic E-state index is 0.0737. The van der Waals surface area contributed by atoms with E-state index < -0.39 is 10.0 Å². The van der Waals surface area contributed by atoms with Crippen molar-refractivity contribution >= 4 is 39.7 Å². The molecule has 0 bridgehead atoms. The van der Waals surface area contributed by atoms with Crippen molar-refractivity contribution in [3.8, 4) is 0 Å². The van der Waals surface area contributed by atoms with Crippen molar-refractivity contribution in [2.45, 2.75) is 24.7 Å². The van der Waals surface area contributed by atoms with Crippen LogP contribution in [0.25, 0.3) is 0 Å². The second-order valence-electron chi connectivity index (χ2n) is 7.36. The molecule has 1 saturated heterocycles. The van der Waals surface area contributed by atoms with E-state index in [1.54, 1.807) is 24.3 Å². The SMILES string of the molecule is C=NC(=N)C(N=C(C)c1ccc(S(=O)(=O)N2CCCC2)cc1)=C1Nc2ccccc2N1. The van der Waals surface area contributed by atoms with E-state index in [0.29, 0.717) is 30.3 Å². The number of sulfonamides is 1. The summed E-state index contributed by atoms with van der Waals surface area (Å²) in [5, 5.41) is 14.6. The number of hydrogen-bond acceptors (Lipinski definition) is 6. The molecule has 9 heteroatoms. The van der Waals surface area contributed by atoms with Crippen LogP contribution in [0.5, 0.6) is 0 Å². The molecule has 0 amide bonds. The van der Waals surface area contributed by atoms with Gasteiger partial charge in [-0.1, -0.05) is 24.3 Å². The Morgan fingerprint density at radius 2 is 1.61 bits per heavy atom. The lowest BCUT2D eigenvalue weighted by molar-refractivity contribution is 0.477. The summed E-state index contributed by atoms with van der Waals surface area (Å²) < 4.78 is 27.0. The summed E-state index contributed by atoms with van der Waals surface area (Å²) in [5.74, 6) is 0.474. The molecule has 0 spiro atoms. The zero-order chi connectivity index (χ0) is 22.0. The average Bonchev–Trinajstić information content (AvgIpc) is 3.47. The van der Waals surface area contributed by atoms with E-state index in [4.69, 9.17) is 5.41 Å². The molecule has 2 aromatic rings. The van der Waals surface area contributed by atoms with E-state index in [9.17, 15) is 8.42 Å². The van der Waals surface area contributed by atoms with Crippen molar-refractivity contribution in [3.05, 3.63) is 65.6 Å². The number of amidine groups is 1. The maximum atomic E-state index is 12.7. The number of para-hydroxylation sites is 2. The molecule has 2 heterocycles. The van der Waals surface area contributed by atoms with Crippen LogP contribution >= 0.6 is 0 Å². The first-order chi connectivity index (χ1) is 14.9. The highest BCUT2D eigenvalue weighted by atomic mass is 32.2. The number of aliphatic imine (C=N–C) groups is 2. The van der Waals surface area contributed by atoms with Crippen LogP contribution < -0.4 is 10.6 Å². The molecule has 0 aliphatic carbocycles. The maximum Gasteiger partial charge on any atom is 0.243 e. The fourth-order valence-electron chi connectivity index (χ4n) is 3.60. The van der Waals surface area contributed by atoms with Gasteiger partial charge in [0.15, 0.2) is 5.84 Å². The van der Waals surface area contributed by atoms with Crippen molar-refractivity contribution in [2.24, 2.45) is 9.98 Å². The van der Waals surface area contributed by atoms with Gasteiger partial charge in [0.2, 0.25) is 10.0 Å². The van der Waals surface area contributed by atoms with E-state index >= 15 is 0 Å². The highest BCUT2D eigenvalue weighted by Crippen LogP contribution is 2.31. The third-order valence-electron chi connectivity index (χ3n) is 5.32. The zero-order valence-corrected chi connectivity index (χ0v) is 18.0. The van der Waals surface area contributed by atoms with Gasteiger partial charge in [0.25, 0.3) is 0 Å². The van der Waals surface area contributed by atoms with Crippen LogP contribution in [0.3, 0.4) is 0 Å². The molecule has 0 unspecified atom stereocenters. The second kappa shape index (κ2) is 8.44. The Balaban J connectivity index is 1.63. The Hall–Kier alpha value is -3.30. The van der Waals surface area contributed by atoms with Gasteiger partial charge in [-0.05, 0) is 56.3 Å². The van der Waals surface area contributed by atoms with Crippen LogP contribution in [-0.4, -0.2) is 44.1 Å². The predicted octanol–water partition coefficient (Wildman–Crippen LogP) is 3.66. The molecular weight excluding hydrogens is 412 g/mol. The van der Waals surface area contributed by atoms with Gasteiger partial charge in [0, 0.05) is 18.8 Å². The number of hydrogen-bond donors (Lipinski definition) is 3. The predicted molar refractivity (Wildman–Crippen MR) is 125 cm³/mol. The van der Waals surface area contributed by atoms with Crippen LogP contribution in [-0.2, 0) is 10.0 Å². The van der Waals surface area contributed by atoms with Gasteiger partial charge in [-0.2, -0.15) is 4.31 Å². The lowest BCUT2D eigenvalue weighted by atomic mass is 10.1. The lowest BCUT2D eigenvalue weighted by Crippen LogP contribution is -2.27. The van der Waals surface area contributed by atoms with Crippen LogP contribution in [0.2, 0.25) is 0 Å². The Morgan fingerprint density at radius 3 is 2.16 bits per heavy atom. The van der Waals surface area contributed by atoms with Gasteiger partial charge in [-0.25, -0.2) is 18.4 Å². The van der Waals surface area contributed by atoms with Crippen LogP contribution in [0, 0.1) is 5.41 Å². The summed E-state index contributed by atoms with van der Waals surface area (Å²) in [6.07, 6.45) is 1.80. The summed E-state index contributed by atoms with van der Waals surface area (Å²) in [5.41, 5.74) is 3.47. The van der Waals surface area contributed by atoms with Gasteiger partial charge in [-0.15, -0.1) is 0 Å². The number of nitrogens with one attached hydrogen (secondary N) is 3. The van der Waals surface area contributed by atoms with E-state index in [0.717, 1.165) is 29.8 Å². The number of nitrogens with zero attached hydrogens (tertiary/aromatic N) is 3. The third-order valence-corrected chi connectivity index (χ3v) is 7.23. The van der Waals surface area contributed by atoms with E-state index in [1.807, 2.05) is 31.2 Å². The van der Waals surface area contributed by atoms with E-state index in [2.05, 4.69) is 27.3 Å². The highest BCUT2D eigenvalue weighted by molar-refractivity contribution is 7.89. The van der Waals surface area contributed by atoms with Crippen LogP contribution in [0.15, 0.2) is 74.9 Å². The number of anilines is 2. The topological polar surface area (TPSA) is 110 Å². The molecule has 0 aromatic heterocycles. The first-order valence-electron chi connectivity index (χ1n) is 9.99. The highest BCUT2D eigenvalue weighted by Gasteiger charge is 2.27. The maximum absolute atomic E-state index is 12.7. The lowest BCUT2D eigenvalue weighted by Gasteiger charge is -2.15. The molecule has 2 aromatic carbocycles. The van der Waals surface area contributed by atoms with Gasteiger partial charge >= 0.3 is 0 Å². The molecule has 8 nitrogen and oxygen atoms in total. The van der Waals surface area contributed by atoms with Gasteiger partial charge in [0.1, 0.15) is 11.5 Å². The van der Waals surface area contributed by atoms with Crippen molar-refractivity contribution in [1.29, 1.82) is 5.41 Å². The molecule has 0 radical (unpaired) electrons. The molecule has 160 valence electrons. The Kier molecular flexibility index (Phi) is 5.71. The fraction of sp³-hybridized carbons (Fsp3) is 0.227. The quantitative estimate of drug-likeness (QED) is 0.491. The Bertz CT molecular complexity index is 1170. The van der Waals surface area contributed by atoms with Crippen LogP contribution in [0.1, 0.15) is 25.3 Å². The summed E-state index contributed by atoms with van der Waals surface area (Å²) >= 11 is 0. The van der Waals surface area contributed by atoms with Gasteiger partial charge in [0.05, 0.1) is 16.3 Å². The van der Waals surface area contributed by atoms with Gasteiger partial charge < -0.3 is 10.6 Å². The normalized spacial score (nSPS) is 16.4. The first-order valence-corrected chi connectivity index (χ1v) is 11.4. The number of benzene rings is 2. The average molecular weight is 437 g/mol. The molecule has 0 saturated carbocycles. The minimum atomic E-state index is -3.46. The Labute approximate surface area is 182 Å². The third kappa shape index (κ3) is 4.14. The van der Waals surface area contributed by atoms with E-state index in [-0.39, 0.29) is 10.7 Å². The second-order valence-corrected chi connectivity index (χ2v) is 9.30. The summed E-state index contributed by atoms with van der Waals surface area (Å²) in [6.45, 7) is 6.40. The molecule has 4 rings (SSSR count). The molecule has 2 aliphatic heterocycles. The molecular formula is C22H24N6O2S. The Morgan fingerprint density at radius 1 is 1.03 bits per heavy atom. The van der Waals surface area contributed by atoms with E-state index in [1.165, 1.54) is 4.31 Å². The summed E-state index contributed by atoms with van der Waals surface area (Å²) in [7, 11) is -3.46. The standard InChI is InChI=1S/C22H24N6O2S/c1-15(16-9-11-17(12-10-16)31(29,30)28-13-5-6-14-28)25-20(21(23)24-2)22-26-18-7-3-4-8-19(18)27-22/h3-4,7-12,23,26-27H,2,5-6,13-14H2,1H3. The largest absolute Gasteiger partial charge is 0.338 e. The first kappa shape index (κ1) is 21.0. The molecule has 1 fully saturated rings. The van der Waals surface area contributed by atoms with Gasteiger partial charge in [-0.3, -0.25) is 5.41 Å². The number of fused-ring (bicyclic) bond motifs is 1. The van der Waals surface area contributed by atoms with Crippen LogP contribution in [0.4, 0.5) is 11.4 Å². The summed E-state index contributed by atoms with van der Waals surface area (Å²) in [4.78, 5) is 8.62. The van der Waals surface area contributed by atoms with Crippen molar-refractivity contribution in [3.63, 3.8) is 0 Å². The monoisotopic (exact) mass is 436 g/mol. The van der Waals surface area contributed by atoms with Crippen molar-refractivity contribution in [1.82, 2.24) is 4.31 Å². The van der Waals surface area contributed by atoms with Crippen molar-refractivity contribution < 1.29 is 8.42 Å². The molecule has 3 N–H and O–H groups in total. The fourth-order valence-corrected chi connectivity index (χ4v) is 5.12. The molecule has 31 heavy (non-hydrogen) atoms.